The first-order valence-electron chi connectivity index (χ1n) is 7.02. The molecule has 0 saturated carbocycles. The van der Waals surface area contributed by atoms with Crippen LogP contribution in [0.2, 0.25) is 0 Å². The minimum absolute atomic E-state index is 0.0120. The number of rotatable bonds is 7. The van der Waals surface area contributed by atoms with Crippen LogP contribution in [0, 0.1) is 0 Å². The number of aromatic amines is 1. The number of hydrogen-bond donors (Lipinski definition) is 5. The van der Waals surface area contributed by atoms with Crippen LogP contribution in [0.4, 0.5) is 0 Å². The average Bonchev–Trinajstić information content (AvgIpc) is 2.95. The Hall–Kier alpha value is -2.48. The molecule has 1 heterocycles. The zero-order chi connectivity index (χ0) is 16.8. The van der Waals surface area contributed by atoms with E-state index in [1.54, 1.807) is 6.20 Å². The normalized spacial score (nSPS) is 11.9. The van der Waals surface area contributed by atoms with Crippen molar-refractivity contribution in [2.24, 2.45) is 5.73 Å². The van der Waals surface area contributed by atoms with Crippen molar-refractivity contribution < 1.29 is 14.4 Å². The Kier molecular flexibility index (Phi) is 5.64. The van der Waals surface area contributed by atoms with Crippen molar-refractivity contribution in [1.82, 2.24) is 15.6 Å². The van der Waals surface area contributed by atoms with E-state index in [4.69, 9.17) is 5.73 Å². The molecule has 7 nitrogen and oxygen atoms in total. The van der Waals surface area contributed by atoms with Crippen molar-refractivity contribution in [2.75, 3.05) is 12.3 Å². The number of nitrogens with one attached hydrogen (secondary N) is 3. The molecule has 0 radical (unpaired) electrons. The zero-order valence-electron chi connectivity index (χ0n) is 12.3. The molecule has 0 unspecified atom stereocenters. The number of carbonyl (C=O) groups excluding carboxylic acids is 3. The first-order chi connectivity index (χ1) is 11.0. The van der Waals surface area contributed by atoms with Gasteiger partial charge in [-0.1, -0.05) is 18.2 Å². The van der Waals surface area contributed by atoms with E-state index in [2.05, 4.69) is 28.2 Å². The third-order valence-corrected chi connectivity index (χ3v) is 3.65. The standard InChI is InChI=1S/C15H18N4O3S/c16-15(22)12(19-13(20)7-18-14(21)8-23)5-9-6-17-11-4-2-1-3-10(9)11/h1-4,6,12,17,23H,5,7-8H2,(H2,16,22)(H,18,21)(H,19,20)/t12-/m0/s1. The van der Waals surface area contributed by atoms with E-state index in [-0.39, 0.29) is 24.6 Å². The Labute approximate surface area is 138 Å². The first-order valence-corrected chi connectivity index (χ1v) is 7.65. The minimum Gasteiger partial charge on any atom is -0.368 e. The highest BCUT2D eigenvalue weighted by Gasteiger charge is 2.20. The second-order valence-corrected chi connectivity index (χ2v) is 5.34. The fraction of sp³-hybridized carbons (Fsp3) is 0.267. The maximum absolute atomic E-state index is 11.8. The van der Waals surface area contributed by atoms with Gasteiger partial charge in [-0.3, -0.25) is 14.4 Å². The minimum atomic E-state index is -0.852. The van der Waals surface area contributed by atoms with Crippen LogP contribution in [-0.2, 0) is 20.8 Å². The van der Waals surface area contributed by atoms with Crippen molar-refractivity contribution in [3.8, 4) is 0 Å². The lowest BCUT2D eigenvalue weighted by molar-refractivity contribution is -0.128. The number of hydrogen-bond acceptors (Lipinski definition) is 4. The van der Waals surface area contributed by atoms with Gasteiger partial charge in [0.05, 0.1) is 12.3 Å². The number of H-pyrrole nitrogens is 1. The summed E-state index contributed by atoms with van der Waals surface area (Å²) in [5.41, 5.74) is 7.19. The van der Waals surface area contributed by atoms with Gasteiger partial charge in [0.25, 0.3) is 0 Å². The van der Waals surface area contributed by atoms with Gasteiger partial charge in [-0.2, -0.15) is 12.6 Å². The summed E-state index contributed by atoms with van der Waals surface area (Å²) in [6, 6.07) is 6.79. The third kappa shape index (κ3) is 4.49. The summed E-state index contributed by atoms with van der Waals surface area (Å²) < 4.78 is 0. The van der Waals surface area contributed by atoms with Crippen LogP contribution in [-0.4, -0.2) is 41.0 Å². The molecule has 0 saturated heterocycles. The number of amides is 3. The van der Waals surface area contributed by atoms with Crippen LogP contribution in [0.1, 0.15) is 5.56 Å². The Morgan fingerprint density at radius 1 is 1.22 bits per heavy atom. The van der Waals surface area contributed by atoms with Gasteiger partial charge in [-0.25, -0.2) is 0 Å². The van der Waals surface area contributed by atoms with Crippen LogP contribution in [0.5, 0.6) is 0 Å². The molecule has 122 valence electrons. The second kappa shape index (κ2) is 7.68. The molecule has 2 rings (SSSR count). The largest absolute Gasteiger partial charge is 0.368 e. The Balaban J connectivity index is 2.03. The molecular weight excluding hydrogens is 316 g/mol. The van der Waals surface area contributed by atoms with Gasteiger partial charge in [-0.15, -0.1) is 0 Å². The van der Waals surface area contributed by atoms with Gasteiger partial charge in [0.15, 0.2) is 0 Å². The molecular formula is C15H18N4O3S. The van der Waals surface area contributed by atoms with E-state index in [0.29, 0.717) is 0 Å². The molecule has 0 aliphatic rings. The fourth-order valence-electron chi connectivity index (χ4n) is 2.22. The number of benzene rings is 1. The lowest BCUT2D eigenvalue weighted by Crippen LogP contribution is -2.49. The van der Waals surface area contributed by atoms with E-state index >= 15 is 0 Å². The summed E-state index contributed by atoms with van der Waals surface area (Å²) in [5.74, 6) is -1.49. The molecule has 0 aliphatic heterocycles. The van der Waals surface area contributed by atoms with Gasteiger partial charge in [0.1, 0.15) is 6.04 Å². The van der Waals surface area contributed by atoms with E-state index in [9.17, 15) is 14.4 Å². The van der Waals surface area contributed by atoms with Gasteiger partial charge >= 0.3 is 0 Å². The van der Waals surface area contributed by atoms with Crippen molar-refractivity contribution >= 4 is 41.3 Å². The highest BCUT2D eigenvalue weighted by Crippen LogP contribution is 2.19. The quantitative estimate of drug-likeness (QED) is 0.449. The number of thiol groups is 1. The van der Waals surface area contributed by atoms with Crippen molar-refractivity contribution in [2.45, 2.75) is 12.5 Å². The van der Waals surface area contributed by atoms with Crippen LogP contribution >= 0.6 is 12.6 Å². The summed E-state index contributed by atoms with van der Waals surface area (Å²) >= 11 is 3.79. The van der Waals surface area contributed by atoms with Crippen LogP contribution in [0.15, 0.2) is 30.5 Å². The molecule has 1 aromatic carbocycles. The fourth-order valence-corrected chi connectivity index (χ4v) is 2.34. The molecule has 8 heteroatoms. The number of aromatic nitrogens is 1. The second-order valence-electron chi connectivity index (χ2n) is 5.02. The first kappa shape index (κ1) is 16.9. The van der Waals surface area contributed by atoms with Crippen molar-refractivity contribution in [1.29, 1.82) is 0 Å². The van der Waals surface area contributed by atoms with Gasteiger partial charge < -0.3 is 21.4 Å². The summed E-state index contributed by atoms with van der Waals surface area (Å²) in [6.45, 7) is -0.225. The van der Waals surface area contributed by atoms with E-state index < -0.39 is 17.9 Å². The molecule has 3 amide bonds. The molecule has 5 N–H and O–H groups in total. The number of para-hydroxylation sites is 1. The van der Waals surface area contributed by atoms with Gasteiger partial charge in [-0.05, 0) is 11.6 Å². The van der Waals surface area contributed by atoms with E-state index in [1.807, 2.05) is 24.3 Å². The molecule has 1 aromatic heterocycles. The highest BCUT2D eigenvalue weighted by molar-refractivity contribution is 7.81. The number of carbonyl (C=O) groups is 3. The smallest absolute Gasteiger partial charge is 0.240 e. The number of nitrogens with two attached hydrogens (primary N) is 1. The number of fused-ring (bicyclic) bond motifs is 1. The molecule has 23 heavy (non-hydrogen) atoms. The highest BCUT2D eigenvalue weighted by atomic mass is 32.1. The van der Waals surface area contributed by atoms with Crippen LogP contribution in [0.3, 0.4) is 0 Å². The maximum atomic E-state index is 11.8. The average molecular weight is 334 g/mol. The van der Waals surface area contributed by atoms with Gasteiger partial charge in [0.2, 0.25) is 17.7 Å². The Morgan fingerprint density at radius 3 is 2.65 bits per heavy atom. The Bertz CT molecular complexity index is 728. The van der Waals surface area contributed by atoms with Crippen molar-refractivity contribution in [3.63, 3.8) is 0 Å². The number of primary amides is 1. The third-order valence-electron chi connectivity index (χ3n) is 3.37. The Morgan fingerprint density at radius 2 is 1.96 bits per heavy atom. The summed E-state index contributed by atoms with van der Waals surface area (Å²) in [4.78, 5) is 37.6. The topological polar surface area (TPSA) is 117 Å². The monoisotopic (exact) mass is 334 g/mol. The van der Waals surface area contributed by atoms with Crippen molar-refractivity contribution in [3.05, 3.63) is 36.0 Å². The molecule has 0 bridgehead atoms. The lowest BCUT2D eigenvalue weighted by atomic mass is 10.0. The predicted octanol–water partition coefficient (Wildman–Crippen LogP) is -0.274. The molecule has 0 spiro atoms. The van der Waals surface area contributed by atoms with E-state index in [1.165, 1.54) is 0 Å². The van der Waals surface area contributed by atoms with Gasteiger partial charge in [0, 0.05) is 23.5 Å². The summed E-state index contributed by atoms with van der Waals surface area (Å²) in [7, 11) is 0. The molecule has 1 atom stereocenters. The van der Waals surface area contributed by atoms with E-state index in [0.717, 1.165) is 16.5 Å². The van der Waals surface area contributed by atoms with Crippen LogP contribution < -0.4 is 16.4 Å². The summed E-state index contributed by atoms with van der Waals surface area (Å²) in [5, 5.41) is 5.88. The lowest BCUT2D eigenvalue weighted by Gasteiger charge is -2.15. The van der Waals surface area contributed by atoms with Crippen LogP contribution in [0.25, 0.3) is 10.9 Å². The molecule has 0 aliphatic carbocycles. The SMILES string of the molecule is NC(=O)[C@H](Cc1c[nH]c2ccccc12)NC(=O)CNC(=O)CS. The maximum Gasteiger partial charge on any atom is 0.240 e. The molecule has 2 aromatic rings. The zero-order valence-corrected chi connectivity index (χ0v) is 13.2. The predicted molar refractivity (Wildman–Crippen MR) is 90.0 cm³/mol. The summed E-state index contributed by atoms with van der Waals surface area (Å²) in [6.07, 6.45) is 2.06. The molecule has 0 fully saturated rings.